The zero-order valence-corrected chi connectivity index (χ0v) is 16.0. The van der Waals surface area contributed by atoms with Crippen LogP contribution in [0.3, 0.4) is 0 Å². The Morgan fingerprint density at radius 2 is 2.04 bits per heavy atom. The van der Waals surface area contributed by atoms with Crippen LogP contribution in [0.5, 0.6) is 0 Å². The van der Waals surface area contributed by atoms with Crippen molar-refractivity contribution < 1.29 is 4.79 Å². The van der Waals surface area contributed by atoms with E-state index in [2.05, 4.69) is 20.2 Å². The highest BCUT2D eigenvalue weighted by molar-refractivity contribution is 6.42. The molecule has 1 atom stereocenters. The molecule has 1 N–H and O–H groups in total. The van der Waals surface area contributed by atoms with Gasteiger partial charge in [-0.05, 0) is 24.3 Å². The third-order valence-corrected chi connectivity index (χ3v) is 5.65. The van der Waals surface area contributed by atoms with Gasteiger partial charge in [-0.1, -0.05) is 29.3 Å². The van der Waals surface area contributed by atoms with Gasteiger partial charge in [0.05, 0.1) is 27.6 Å². The van der Waals surface area contributed by atoms with E-state index in [1.807, 2.05) is 18.2 Å². The van der Waals surface area contributed by atoms with E-state index in [1.165, 1.54) is 12.4 Å². The van der Waals surface area contributed by atoms with Crippen LogP contribution in [-0.2, 0) is 0 Å². The zero-order valence-electron chi connectivity index (χ0n) is 14.5. The number of nitrogens with zero attached hydrogens (tertiary/aromatic N) is 5. The van der Waals surface area contributed by atoms with E-state index < -0.39 is 0 Å². The van der Waals surface area contributed by atoms with E-state index in [4.69, 9.17) is 28.2 Å². The Hall–Kier alpha value is -2.90. The molecule has 0 spiro atoms. The van der Waals surface area contributed by atoms with Gasteiger partial charge in [0.15, 0.2) is 11.6 Å². The maximum absolute atomic E-state index is 13.0. The lowest BCUT2D eigenvalue weighted by Crippen LogP contribution is -2.56. The van der Waals surface area contributed by atoms with Crippen LogP contribution in [0.2, 0.25) is 10.0 Å². The number of fused-ring (bicyclic) bond motifs is 3. The van der Waals surface area contributed by atoms with Crippen LogP contribution in [0, 0.1) is 0 Å². The monoisotopic (exact) mass is 412 g/mol. The fourth-order valence-corrected chi connectivity index (χ4v) is 3.79. The molecule has 140 valence electrons. The first-order valence-corrected chi connectivity index (χ1v) is 9.47. The number of nitrogens with one attached hydrogen (secondary N) is 1. The Kier molecular flexibility index (Phi) is 4.07. The van der Waals surface area contributed by atoms with Crippen LogP contribution < -0.4 is 15.1 Å². The largest absolute Gasteiger partial charge is 0.347 e. The summed E-state index contributed by atoms with van der Waals surface area (Å²) in [6.45, 7) is 0.889. The molecule has 2 amide bonds. The predicted octanol–water partition coefficient (Wildman–Crippen LogP) is 4.43. The molecule has 2 aromatic heterocycles. The van der Waals surface area contributed by atoms with Gasteiger partial charge in [0.2, 0.25) is 0 Å². The molecule has 7 nitrogen and oxygen atoms in total. The first-order valence-electron chi connectivity index (χ1n) is 8.71. The van der Waals surface area contributed by atoms with Crippen LogP contribution in [0.4, 0.5) is 22.1 Å². The number of halogens is 2. The number of pyridine rings is 1. The molecule has 28 heavy (non-hydrogen) atoms. The Balaban J connectivity index is 1.51. The summed E-state index contributed by atoms with van der Waals surface area (Å²) < 4.78 is 0. The molecule has 1 saturated heterocycles. The number of urea groups is 1. The van der Waals surface area contributed by atoms with Crippen molar-refractivity contribution in [1.82, 2.24) is 15.0 Å². The highest BCUT2D eigenvalue weighted by Crippen LogP contribution is 2.45. The van der Waals surface area contributed by atoms with Crippen molar-refractivity contribution >= 4 is 46.6 Å². The van der Waals surface area contributed by atoms with E-state index >= 15 is 0 Å². The van der Waals surface area contributed by atoms with E-state index in [-0.39, 0.29) is 12.2 Å². The van der Waals surface area contributed by atoms with E-state index in [1.54, 1.807) is 23.2 Å². The lowest BCUT2D eigenvalue weighted by Gasteiger charge is -2.39. The number of hydrogen-bond acceptors (Lipinski definition) is 5. The summed E-state index contributed by atoms with van der Waals surface area (Å²) in [5.41, 5.74) is 2.49. The van der Waals surface area contributed by atoms with Crippen molar-refractivity contribution in [2.75, 3.05) is 21.7 Å². The van der Waals surface area contributed by atoms with Crippen LogP contribution in [0.25, 0.3) is 11.3 Å². The van der Waals surface area contributed by atoms with Gasteiger partial charge in [0, 0.05) is 30.9 Å². The Morgan fingerprint density at radius 1 is 1.14 bits per heavy atom. The lowest BCUT2D eigenvalue weighted by molar-refractivity contribution is 0.252. The molecule has 9 heteroatoms. The number of rotatable bonds is 2. The number of carbonyl (C=O) groups excluding carboxylic acids is 1. The summed E-state index contributed by atoms with van der Waals surface area (Å²) >= 11 is 12.2. The topological polar surface area (TPSA) is 74.2 Å². The summed E-state index contributed by atoms with van der Waals surface area (Å²) in [7, 11) is 0. The average molecular weight is 413 g/mol. The highest BCUT2D eigenvalue weighted by atomic mass is 35.5. The SMILES string of the molecule is O=C(Nc1cnccn1)N1c2nc(-c3ccc(Cl)c(Cl)c3)ccc2N2CCC21. The van der Waals surface area contributed by atoms with Crippen LogP contribution in [-0.4, -0.2) is 33.7 Å². The Labute approximate surface area is 170 Å². The second-order valence-corrected chi connectivity index (χ2v) is 7.34. The summed E-state index contributed by atoms with van der Waals surface area (Å²) in [6, 6.07) is 9.00. The molecule has 4 heterocycles. The summed E-state index contributed by atoms with van der Waals surface area (Å²) in [6.07, 6.45) is 5.44. The minimum Gasteiger partial charge on any atom is -0.347 e. The molecule has 1 fully saturated rings. The van der Waals surface area contributed by atoms with Gasteiger partial charge in [-0.25, -0.2) is 14.8 Å². The molecular formula is C19H14Cl2N6O. The number of amides is 2. The van der Waals surface area contributed by atoms with Gasteiger partial charge in [-0.3, -0.25) is 15.2 Å². The number of carbonyl (C=O) groups is 1. The minimum absolute atomic E-state index is 0.0387. The molecule has 5 rings (SSSR count). The minimum atomic E-state index is -0.285. The number of benzene rings is 1. The first kappa shape index (κ1) is 17.2. The fraction of sp³-hybridized carbons (Fsp3) is 0.158. The smallest absolute Gasteiger partial charge is 0.330 e. The summed E-state index contributed by atoms with van der Waals surface area (Å²) in [5, 5.41) is 3.74. The van der Waals surface area contributed by atoms with Gasteiger partial charge in [0.25, 0.3) is 0 Å². The molecule has 3 aromatic rings. The van der Waals surface area contributed by atoms with Crippen LogP contribution >= 0.6 is 23.2 Å². The van der Waals surface area contributed by atoms with Crippen molar-refractivity contribution in [1.29, 1.82) is 0 Å². The quantitative estimate of drug-likeness (QED) is 0.673. The molecule has 0 bridgehead atoms. The standard InChI is InChI=1S/C19H14Cl2N6O/c20-12-2-1-11(9-13(12)21)14-3-4-15-18(24-14)27(17-5-8-26(15)17)19(28)25-16-10-22-6-7-23-16/h1-4,6-7,9-10,17H,5,8H2,(H,23,25,28). The van der Waals surface area contributed by atoms with Crippen molar-refractivity contribution in [3.05, 3.63) is 59.0 Å². The molecule has 2 aliphatic heterocycles. The first-order chi connectivity index (χ1) is 13.6. The maximum Gasteiger partial charge on any atom is 0.330 e. The summed E-state index contributed by atoms with van der Waals surface area (Å²) in [4.78, 5) is 29.6. The van der Waals surface area contributed by atoms with E-state index in [9.17, 15) is 4.79 Å². The van der Waals surface area contributed by atoms with Crippen molar-refractivity contribution in [2.45, 2.75) is 12.6 Å². The Bertz CT molecular complexity index is 1080. The van der Waals surface area contributed by atoms with Gasteiger partial charge in [-0.15, -0.1) is 0 Å². The third-order valence-electron chi connectivity index (χ3n) is 4.91. The predicted molar refractivity (Wildman–Crippen MR) is 109 cm³/mol. The highest BCUT2D eigenvalue weighted by Gasteiger charge is 2.46. The summed E-state index contributed by atoms with van der Waals surface area (Å²) in [5.74, 6) is 1.01. The normalized spacial score (nSPS) is 17.0. The van der Waals surface area contributed by atoms with E-state index in [0.717, 1.165) is 29.9 Å². The molecule has 0 saturated carbocycles. The molecule has 1 unspecified atom stereocenters. The van der Waals surface area contributed by atoms with E-state index in [0.29, 0.717) is 21.7 Å². The van der Waals surface area contributed by atoms with Gasteiger partial charge in [0.1, 0.15) is 6.17 Å². The number of aromatic nitrogens is 3. The maximum atomic E-state index is 13.0. The van der Waals surface area contributed by atoms with Crippen molar-refractivity contribution in [3.63, 3.8) is 0 Å². The third kappa shape index (κ3) is 2.75. The van der Waals surface area contributed by atoms with Gasteiger partial charge >= 0.3 is 6.03 Å². The zero-order chi connectivity index (χ0) is 19.3. The second-order valence-electron chi connectivity index (χ2n) is 6.52. The number of hydrogen-bond donors (Lipinski definition) is 1. The van der Waals surface area contributed by atoms with Crippen molar-refractivity contribution in [2.24, 2.45) is 0 Å². The fourth-order valence-electron chi connectivity index (χ4n) is 3.49. The molecule has 1 aromatic carbocycles. The molecule has 0 aliphatic carbocycles. The van der Waals surface area contributed by atoms with Crippen molar-refractivity contribution in [3.8, 4) is 11.3 Å². The number of anilines is 3. The lowest BCUT2D eigenvalue weighted by atomic mass is 10.1. The molecular weight excluding hydrogens is 399 g/mol. The van der Waals surface area contributed by atoms with Gasteiger partial charge < -0.3 is 4.90 Å². The second kappa shape index (κ2) is 6.61. The van der Waals surface area contributed by atoms with Crippen LogP contribution in [0.15, 0.2) is 48.9 Å². The molecule has 0 radical (unpaired) electrons. The average Bonchev–Trinajstić information content (AvgIpc) is 2.90. The van der Waals surface area contributed by atoms with Crippen LogP contribution in [0.1, 0.15) is 6.42 Å². The molecule has 2 aliphatic rings. The van der Waals surface area contributed by atoms with Gasteiger partial charge in [-0.2, -0.15) is 0 Å². The Morgan fingerprint density at radius 3 is 2.75 bits per heavy atom.